The fourth-order valence-corrected chi connectivity index (χ4v) is 4.22. The number of amidine groups is 1. The molecule has 0 aromatic heterocycles. The van der Waals surface area contributed by atoms with Crippen LogP contribution in [0.15, 0.2) is 65.7 Å². The zero-order chi connectivity index (χ0) is 15.9. The molecule has 0 bridgehead atoms. The van der Waals surface area contributed by atoms with Gasteiger partial charge in [0.05, 0.1) is 11.4 Å². The quantitative estimate of drug-likeness (QED) is 0.377. The second-order valence-corrected chi connectivity index (χ2v) is 7.23. The van der Waals surface area contributed by atoms with Crippen LogP contribution in [-0.4, -0.2) is 11.1 Å². The predicted octanol–water partition coefficient (Wildman–Crippen LogP) is 6.22. The maximum atomic E-state index is 4.82. The van der Waals surface area contributed by atoms with Crippen molar-refractivity contribution in [1.82, 2.24) is 0 Å². The van der Waals surface area contributed by atoms with E-state index in [0.29, 0.717) is 5.25 Å². The fourth-order valence-electron chi connectivity index (χ4n) is 2.94. The highest BCUT2D eigenvalue weighted by atomic mass is 32.2. The third kappa shape index (κ3) is 4.61. The summed E-state index contributed by atoms with van der Waals surface area (Å²) >= 11 is 1.95. The molecule has 120 valence electrons. The average molecular weight is 324 g/mol. The number of benzene rings is 2. The van der Waals surface area contributed by atoms with E-state index in [1.807, 2.05) is 30.1 Å². The standard InChI is InChI=1S/C20H24N2S/c1-17(21-18-11-5-2-6-12-18)22(19-13-7-3-8-14-19)23-20-15-9-4-10-16-20/h2-3,5-8,11-14,20H,4,9-10,15-16H2,1H3/b21-17+. The number of rotatable bonds is 4. The maximum absolute atomic E-state index is 4.82. The molecule has 0 unspecified atom stereocenters. The van der Waals surface area contributed by atoms with E-state index in [4.69, 9.17) is 4.99 Å². The van der Waals surface area contributed by atoms with Gasteiger partial charge in [0.15, 0.2) is 0 Å². The van der Waals surface area contributed by atoms with Gasteiger partial charge >= 0.3 is 0 Å². The molecule has 1 fully saturated rings. The summed E-state index contributed by atoms with van der Waals surface area (Å²) in [6.45, 7) is 2.11. The summed E-state index contributed by atoms with van der Waals surface area (Å²) in [6, 6.07) is 20.8. The molecule has 1 aliphatic carbocycles. The highest BCUT2D eigenvalue weighted by Gasteiger charge is 2.20. The molecular weight excluding hydrogens is 300 g/mol. The van der Waals surface area contributed by atoms with Crippen LogP contribution in [0.3, 0.4) is 0 Å². The summed E-state index contributed by atoms with van der Waals surface area (Å²) < 4.78 is 2.31. The Morgan fingerprint density at radius 3 is 2.17 bits per heavy atom. The van der Waals surface area contributed by atoms with Gasteiger partial charge in [-0.3, -0.25) is 4.31 Å². The van der Waals surface area contributed by atoms with Crippen LogP contribution in [0.25, 0.3) is 0 Å². The lowest BCUT2D eigenvalue weighted by Crippen LogP contribution is -2.25. The summed E-state index contributed by atoms with van der Waals surface area (Å²) in [4.78, 5) is 4.82. The number of hydrogen-bond donors (Lipinski definition) is 0. The largest absolute Gasteiger partial charge is 0.272 e. The first-order valence-electron chi connectivity index (χ1n) is 8.45. The Bertz CT molecular complexity index is 619. The van der Waals surface area contributed by atoms with Crippen molar-refractivity contribution in [2.75, 3.05) is 4.31 Å². The van der Waals surface area contributed by atoms with Gasteiger partial charge in [-0.25, -0.2) is 4.99 Å². The van der Waals surface area contributed by atoms with E-state index in [0.717, 1.165) is 11.5 Å². The summed E-state index contributed by atoms with van der Waals surface area (Å²) in [5, 5.41) is 0.699. The molecule has 3 rings (SSSR count). The number of aliphatic imine (C=N–C) groups is 1. The van der Waals surface area contributed by atoms with E-state index < -0.39 is 0 Å². The van der Waals surface area contributed by atoms with Crippen molar-refractivity contribution in [1.29, 1.82) is 0 Å². The maximum Gasteiger partial charge on any atom is 0.116 e. The summed E-state index contributed by atoms with van der Waals surface area (Å²) in [6.07, 6.45) is 6.73. The molecule has 0 heterocycles. The normalized spacial score (nSPS) is 16.3. The SMILES string of the molecule is C/C(=N\c1ccccc1)N(SC1CCCCC1)c1ccccc1. The van der Waals surface area contributed by atoms with Gasteiger partial charge in [-0.1, -0.05) is 55.7 Å². The van der Waals surface area contributed by atoms with Crippen LogP contribution in [0.5, 0.6) is 0 Å². The Balaban J connectivity index is 1.83. The van der Waals surface area contributed by atoms with E-state index in [1.54, 1.807) is 0 Å². The van der Waals surface area contributed by atoms with Gasteiger partial charge in [0.25, 0.3) is 0 Å². The minimum Gasteiger partial charge on any atom is -0.272 e. The predicted molar refractivity (Wildman–Crippen MR) is 103 cm³/mol. The van der Waals surface area contributed by atoms with Crippen LogP contribution in [0, 0.1) is 0 Å². The van der Waals surface area contributed by atoms with Crippen molar-refractivity contribution in [2.24, 2.45) is 4.99 Å². The number of hydrogen-bond acceptors (Lipinski definition) is 2. The van der Waals surface area contributed by atoms with Crippen LogP contribution >= 0.6 is 11.9 Å². The Morgan fingerprint density at radius 2 is 1.52 bits per heavy atom. The Kier molecular flexibility index (Phi) is 5.76. The van der Waals surface area contributed by atoms with Crippen molar-refractivity contribution in [2.45, 2.75) is 44.3 Å². The average Bonchev–Trinajstić information content (AvgIpc) is 2.62. The zero-order valence-electron chi connectivity index (χ0n) is 13.7. The van der Waals surface area contributed by atoms with Gasteiger partial charge in [-0.05, 0) is 56.0 Å². The van der Waals surface area contributed by atoms with Gasteiger partial charge in [0.1, 0.15) is 5.84 Å². The molecule has 3 heteroatoms. The fraction of sp³-hybridized carbons (Fsp3) is 0.350. The van der Waals surface area contributed by atoms with E-state index in [-0.39, 0.29) is 0 Å². The van der Waals surface area contributed by atoms with Crippen molar-refractivity contribution < 1.29 is 0 Å². The van der Waals surface area contributed by atoms with Crippen LogP contribution in [0.4, 0.5) is 11.4 Å². The molecule has 0 radical (unpaired) electrons. The van der Waals surface area contributed by atoms with Gasteiger partial charge in [-0.2, -0.15) is 0 Å². The summed E-state index contributed by atoms with van der Waals surface area (Å²) in [5.74, 6) is 1.04. The second-order valence-electron chi connectivity index (χ2n) is 5.99. The van der Waals surface area contributed by atoms with Crippen LogP contribution in [0.1, 0.15) is 39.0 Å². The smallest absolute Gasteiger partial charge is 0.116 e. The first kappa shape index (κ1) is 16.1. The minimum atomic E-state index is 0.699. The van der Waals surface area contributed by atoms with Crippen LogP contribution in [0.2, 0.25) is 0 Å². The van der Waals surface area contributed by atoms with E-state index in [9.17, 15) is 0 Å². The summed E-state index contributed by atoms with van der Waals surface area (Å²) in [5.41, 5.74) is 2.22. The zero-order valence-corrected chi connectivity index (χ0v) is 14.5. The molecule has 0 saturated heterocycles. The topological polar surface area (TPSA) is 15.6 Å². The first-order chi connectivity index (χ1) is 11.3. The lowest BCUT2D eigenvalue weighted by molar-refractivity contribution is 0.516. The van der Waals surface area contributed by atoms with Gasteiger partial charge in [0, 0.05) is 5.25 Å². The lowest BCUT2D eigenvalue weighted by Gasteiger charge is -2.29. The van der Waals surface area contributed by atoms with E-state index in [2.05, 4.69) is 53.7 Å². The first-order valence-corrected chi connectivity index (χ1v) is 9.29. The second kappa shape index (κ2) is 8.21. The minimum absolute atomic E-state index is 0.699. The molecule has 1 aliphatic rings. The molecule has 23 heavy (non-hydrogen) atoms. The van der Waals surface area contributed by atoms with Crippen molar-refractivity contribution >= 4 is 29.2 Å². The monoisotopic (exact) mass is 324 g/mol. The van der Waals surface area contributed by atoms with Crippen LogP contribution < -0.4 is 4.31 Å². The highest BCUT2D eigenvalue weighted by molar-refractivity contribution is 8.02. The van der Waals surface area contributed by atoms with Gasteiger partial charge in [-0.15, -0.1) is 0 Å². The molecule has 0 atom stereocenters. The number of anilines is 1. The number of nitrogens with zero attached hydrogens (tertiary/aromatic N) is 2. The van der Waals surface area contributed by atoms with Gasteiger partial charge < -0.3 is 0 Å². The molecule has 1 saturated carbocycles. The Hall–Kier alpha value is -1.74. The van der Waals surface area contributed by atoms with Crippen molar-refractivity contribution in [3.05, 3.63) is 60.7 Å². The third-order valence-electron chi connectivity index (χ3n) is 4.14. The van der Waals surface area contributed by atoms with E-state index >= 15 is 0 Å². The van der Waals surface area contributed by atoms with Crippen molar-refractivity contribution in [3.8, 4) is 0 Å². The highest BCUT2D eigenvalue weighted by Crippen LogP contribution is 2.34. The van der Waals surface area contributed by atoms with Crippen molar-refractivity contribution in [3.63, 3.8) is 0 Å². The van der Waals surface area contributed by atoms with E-state index in [1.165, 1.54) is 37.8 Å². The third-order valence-corrected chi connectivity index (χ3v) is 5.59. The van der Waals surface area contributed by atoms with Gasteiger partial charge in [0.2, 0.25) is 0 Å². The molecule has 0 spiro atoms. The van der Waals surface area contributed by atoms with Crippen LogP contribution in [-0.2, 0) is 0 Å². The molecular formula is C20H24N2S. The lowest BCUT2D eigenvalue weighted by atomic mass is 10.0. The molecule has 2 nitrogen and oxygen atoms in total. The Labute approximate surface area is 143 Å². The summed E-state index contributed by atoms with van der Waals surface area (Å²) in [7, 11) is 0. The Morgan fingerprint density at radius 1 is 0.913 bits per heavy atom. The molecule has 0 amide bonds. The molecule has 2 aromatic carbocycles. The molecule has 0 aliphatic heterocycles. The molecule has 2 aromatic rings. The molecule has 0 N–H and O–H groups in total. The number of para-hydroxylation sites is 2.